The first kappa shape index (κ1) is 17.9. The van der Waals surface area contributed by atoms with Gasteiger partial charge in [0.05, 0.1) is 13.2 Å². The molecule has 1 rings (SSSR count). The molecular formula is C15H29N3O3. The maximum absolute atomic E-state index is 12.2. The first-order valence-corrected chi connectivity index (χ1v) is 7.84. The molecule has 122 valence electrons. The molecule has 1 aliphatic rings. The molecule has 6 heteroatoms. The Hall–Kier alpha value is -1.14. The van der Waals surface area contributed by atoms with Crippen molar-refractivity contribution in [3.63, 3.8) is 0 Å². The first-order valence-electron chi connectivity index (χ1n) is 7.84. The Morgan fingerprint density at radius 3 is 2.38 bits per heavy atom. The summed E-state index contributed by atoms with van der Waals surface area (Å²) in [6, 6.07) is -0.312. The fourth-order valence-electron chi connectivity index (χ4n) is 2.35. The van der Waals surface area contributed by atoms with E-state index in [-0.39, 0.29) is 23.8 Å². The number of carbonyl (C=O) groups excluding carboxylic acids is 2. The van der Waals surface area contributed by atoms with Crippen LogP contribution in [-0.4, -0.2) is 55.1 Å². The third-order valence-electron chi connectivity index (χ3n) is 3.80. The van der Waals surface area contributed by atoms with Gasteiger partial charge >= 0.3 is 0 Å². The largest absolute Gasteiger partial charge is 0.378 e. The summed E-state index contributed by atoms with van der Waals surface area (Å²) in [5.41, 5.74) is 5.70. The molecule has 0 spiro atoms. The maximum atomic E-state index is 12.2. The summed E-state index contributed by atoms with van der Waals surface area (Å²) >= 11 is 0. The van der Waals surface area contributed by atoms with Gasteiger partial charge in [0.25, 0.3) is 0 Å². The Bertz CT molecular complexity index is 341. The highest BCUT2D eigenvalue weighted by atomic mass is 16.5. The SMILES string of the molecule is CC(N)CCCC(C)C(=O)NC(C)C(=O)N1CCOCC1. The van der Waals surface area contributed by atoms with Crippen LogP contribution in [0.4, 0.5) is 0 Å². The van der Waals surface area contributed by atoms with Crippen LogP contribution in [0.15, 0.2) is 0 Å². The van der Waals surface area contributed by atoms with E-state index in [9.17, 15) is 9.59 Å². The number of rotatable bonds is 7. The van der Waals surface area contributed by atoms with E-state index in [4.69, 9.17) is 10.5 Å². The molecule has 0 aromatic rings. The molecule has 1 heterocycles. The number of hydrogen-bond donors (Lipinski definition) is 2. The van der Waals surface area contributed by atoms with Gasteiger partial charge in [0, 0.05) is 25.0 Å². The van der Waals surface area contributed by atoms with Crippen molar-refractivity contribution in [2.24, 2.45) is 11.7 Å². The lowest BCUT2D eigenvalue weighted by Crippen LogP contribution is -2.51. The number of morpholine rings is 1. The lowest BCUT2D eigenvalue weighted by molar-refractivity contribution is -0.140. The quantitative estimate of drug-likeness (QED) is 0.717. The van der Waals surface area contributed by atoms with E-state index in [1.807, 2.05) is 13.8 Å². The predicted octanol–water partition coefficient (Wildman–Crippen LogP) is 0.504. The fourth-order valence-corrected chi connectivity index (χ4v) is 2.35. The molecule has 0 aromatic carbocycles. The van der Waals surface area contributed by atoms with Crippen LogP contribution in [0.1, 0.15) is 40.0 Å². The van der Waals surface area contributed by atoms with E-state index in [1.54, 1.807) is 11.8 Å². The van der Waals surface area contributed by atoms with Crippen LogP contribution in [0, 0.1) is 5.92 Å². The topological polar surface area (TPSA) is 84.7 Å². The van der Waals surface area contributed by atoms with E-state index < -0.39 is 6.04 Å². The molecule has 3 atom stereocenters. The second-order valence-corrected chi connectivity index (χ2v) is 5.98. The minimum Gasteiger partial charge on any atom is -0.378 e. The Kier molecular flexibility index (Phi) is 7.67. The molecule has 2 amide bonds. The Balaban J connectivity index is 2.32. The second kappa shape index (κ2) is 9.00. The number of ether oxygens (including phenoxy) is 1. The van der Waals surface area contributed by atoms with Gasteiger partial charge in [-0.05, 0) is 26.7 Å². The molecule has 0 aromatic heterocycles. The summed E-state index contributed by atoms with van der Waals surface area (Å²) in [4.78, 5) is 26.0. The van der Waals surface area contributed by atoms with Crippen LogP contribution in [0.25, 0.3) is 0 Å². The molecule has 1 saturated heterocycles. The van der Waals surface area contributed by atoms with Gasteiger partial charge < -0.3 is 20.7 Å². The van der Waals surface area contributed by atoms with Crippen molar-refractivity contribution in [2.75, 3.05) is 26.3 Å². The number of amides is 2. The molecule has 0 saturated carbocycles. The summed E-state index contributed by atoms with van der Waals surface area (Å²) in [5, 5.41) is 2.81. The van der Waals surface area contributed by atoms with Crippen LogP contribution in [0.5, 0.6) is 0 Å². The Morgan fingerprint density at radius 1 is 1.19 bits per heavy atom. The monoisotopic (exact) mass is 299 g/mol. The van der Waals surface area contributed by atoms with Gasteiger partial charge in [0.1, 0.15) is 6.04 Å². The van der Waals surface area contributed by atoms with Crippen molar-refractivity contribution in [2.45, 2.75) is 52.1 Å². The summed E-state index contributed by atoms with van der Waals surface area (Å²) < 4.78 is 5.22. The lowest BCUT2D eigenvalue weighted by atomic mass is 10.0. The molecule has 0 radical (unpaired) electrons. The maximum Gasteiger partial charge on any atom is 0.245 e. The van der Waals surface area contributed by atoms with E-state index in [1.165, 1.54) is 0 Å². The standard InChI is InChI=1S/C15H29N3O3/c1-11(5-4-6-12(2)16)14(19)17-13(3)15(20)18-7-9-21-10-8-18/h11-13H,4-10,16H2,1-3H3,(H,17,19). The molecule has 0 aliphatic carbocycles. The van der Waals surface area contributed by atoms with Gasteiger partial charge in [0.2, 0.25) is 11.8 Å². The molecule has 3 unspecified atom stereocenters. The predicted molar refractivity (Wildman–Crippen MR) is 81.7 cm³/mol. The van der Waals surface area contributed by atoms with Crippen molar-refractivity contribution >= 4 is 11.8 Å². The highest BCUT2D eigenvalue weighted by molar-refractivity contribution is 5.88. The van der Waals surface area contributed by atoms with Gasteiger partial charge in [-0.2, -0.15) is 0 Å². The van der Waals surface area contributed by atoms with Gasteiger partial charge in [0.15, 0.2) is 0 Å². The van der Waals surface area contributed by atoms with Crippen LogP contribution in [0.3, 0.4) is 0 Å². The highest BCUT2D eigenvalue weighted by Crippen LogP contribution is 2.10. The third-order valence-corrected chi connectivity index (χ3v) is 3.80. The average Bonchev–Trinajstić information content (AvgIpc) is 2.46. The average molecular weight is 299 g/mol. The molecule has 1 aliphatic heterocycles. The van der Waals surface area contributed by atoms with Crippen molar-refractivity contribution < 1.29 is 14.3 Å². The summed E-state index contributed by atoms with van der Waals surface area (Å²) in [5.74, 6) is -0.188. The van der Waals surface area contributed by atoms with Crippen LogP contribution in [-0.2, 0) is 14.3 Å². The molecule has 6 nitrogen and oxygen atoms in total. The van der Waals surface area contributed by atoms with Crippen molar-refractivity contribution in [3.05, 3.63) is 0 Å². The van der Waals surface area contributed by atoms with Crippen LogP contribution >= 0.6 is 0 Å². The number of hydrogen-bond acceptors (Lipinski definition) is 4. The molecule has 1 fully saturated rings. The van der Waals surface area contributed by atoms with Crippen LogP contribution < -0.4 is 11.1 Å². The zero-order valence-corrected chi connectivity index (χ0v) is 13.4. The number of nitrogens with one attached hydrogen (secondary N) is 1. The van der Waals surface area contributed by atoms with Crippen molar-refractivity contribution in [1.29, 1.82) is 0 Å². The van der Waals surface area contributed by atoms with E-state index in [2.05, 4.69) is 5.32 Å². The normalized spacial score (nSPS) is 19.7. The zero-order valence-electron chi connectivity index (χ0n) is 13.4. The summed E-state index contributed by atoms with van der Waals surface area (Å²) in [6.07, 6.45) is 2.64. The summed E-state index contributed by atoms with van der Waals surface area (Å²) in [7, 11) is 0. The van der Waals surface area contributed by atoms with E-state index >= 15 is 0 Å². The van der Waals surface area contributed by atoms with E-state index in [0.29, 0.717) is 26.3 Å². The minimum absolute atomic E-state index is 0.0329. The third kappa shape index (κ3) is 6.44. The Labute approximate surface area is 127 Å². The van der Waals surface area contributed by atoms with Gasteiger partial charge in [-0.3, -0.25) is 9.59 Å². The molecule has 3 N–H and O–H groups in total. The van der Waals surface area contributed by atoms with Gasteiger partial charge in [-0.1, -0.05) is 13.3 Å². The second-order valence-electron chi connectivity index (χ2n) is 5.98. The summed E-state index contributed by atoms with van der Waals surface area (Å²) in [6.45, 7) is 7.94. The zero-order chi connectivity index (χ0) is 15.8. The van der Waals surface area contributed by atoms with Gasteiger partial charge in [-0.25, -0.2) is 0 Å². The van der Waals surface area contributed by atoms with E-state index in [0.717, 1.165) is 19.3 Å². The number of nitrogens with zero attached hydrogens (tertiary/aromatic N) is 1. The van der Waals surface area contributed by atoms with Crippen molar-refractivity contribution in [1.82, 2.24) is 10.2 Å². The van der Waals surface area contributed by atoms with Gasteiger partial charge in [-0.15, -0.1) is 0 Å². The minimum atomic E-state index is -0.480. The molecule has 21 heavy (non-hydrogen) atoms. The fraction of sp³-hybridized carbons (Fsp3) is 0.867. The molecule has 0 bridgehead atoms. The number of nitrogens with two attached hydrogens (primary N) is 1. The Morgan fingerprint density at radius 2 is 1.81 bits per heavy atom. The lowest BCUT2D eigenvalue weighted by Gasteiger charge is -2.29. The highest BCUT2D eigenvalue weighted by Gasteiger charge is 2.25. The first-order chi connectivity index (χ1) is 9.91. The van der Waals surface area contributed by atoms with Crippen LogP contribution in [0.2, 0.25) is 0 Å². The smallest absolute Gasteiger partial charge is 0.245 e. The number of carbonyl (C=O) groups is 2. The van der Waals surface area contributed by atoms with Crippen molar-refractivity contribution in [3.8, 4) is 0 Å². The molecular weight excluding hydrogens is 270 g/mol.